The molecule has 0 saturated heterocycles. The van der Waals surface area contributed by atoms with Gasteiger partial charge < -0.3 is 26.0 Å². The Kier molecular flexibility index (Phi) is 20.0. The summed E-state index contributed by atoms with van der Waals surface area (Å²) in [6.45, 7) is 6.14. The van der Waals surface area contributed by atoms with Crippen molar-refractivity contribution in [3.05, 3.63) is 124 Å². The fourth-order valence-corrected chi connectivity index (χ4v) is 5.62. The van der Waals surface area contributed by atoms with E-state index in [9.17, 15) is 29.4 Å². The molecule has 0 fully saturated rings. The van der Waals surface area contributed by atoms with Gasteiger partial charge in [0.15, 0.2) is 6.04 Å². The van der Waals surface area contributed by atoms with Crippen molar-refractivity contribution < 1.29 is 34.5 Å². The van der Waals surface area contributed by atoms with Crippen molar-refractivity contribution in [1.29, 1.82) is 10.5 Å². The third-order valence-electron chi connectivity index (χ3n) is 7.94. The summed E-state index contributed by atoms with van der Waals surface area (Å²) in [5.74, 6) is 2.06. The van der Waals surface area contributed by atoms with Gasteiger partial charge in [-0.15, -0.1) is 0 Å². The molecular formula is C38H36Cl6N8O7. The molecule has 10 N–H and O–H groups in total. The topological polar surface area (TPSA) is 263 Å². The number of nitrogen functional groups attached to an aromatic ring is 1. The number of carboxylic acids is 1. The molecule has 0 aliphatic heterocycles. The van der Waals surface area contributed by atoms with Crippen LogP contribution in [0.4, 0.5) is 11.4 Å². The lowest BCUT2D eigenvalue weighted by atomic mass is 10.1. The predicted octanol–water partition coefficient (Wildman–Crippen LogP) is 6.81. The van der Waals surface area contributed by atoms with Crippen molar-refractivity contribution in [3.63, 3.8) is 0 Å². The summed E-state index contributed by atoms with van der Waals surface area (Å²) in [5.41, 5.74) is 9.74. The summed E-state index contributed by atoms with van der Waals surface area (Å²) in [6.07, 6.45) is -2.16. The molecule has 312 valence electrons. The van der Waals surface area contributed by atoms with Gasteiger partial charge in [-0.05, 0) is 99.5 Å². The van der Waals surface area contributed by atoms with Crippen LogP contribution in [0.15, 0.2) is 60.7 Å². The van der Waals surface area contributed by atoms with Crippen LogP contribution in [-0.2, 0) is 9.59 Å². The first kappa shape index (κ1) is 50.1. The van der Waals surface area contributed by atoms with Crippen LogP contribution in [0.25, 0.3) is 0 Å². The first-order valence-electron chi connectivity index (χ1n) is 16.7. The van der Waals surface area contributed by atoms with Gasteiger partial charge in [-0.3, -0.25) is 30.7 Å². The average molecular weight is 929 g/mol. The number of benzene rings is 4. The van der Waals surface area contributed by atoms with Crippen molar-refractivity contribution in [1.82, 2.24) is 16.3 Å². The summed E-state index contributed by atoms with van der Waals surface area (Å²) in [4.78, 5) is 46.6. The Balaban J connectivity index is 0.000000339. The van der Waals surface area contributed by atoms with Crippen LogP contribution >= 0.6 is 69.6 Å². The minimum absolute atomic E-state index is 0.191. The van der Waals surface area contributed by atoms with Crippen molar-refractivity contribution in [2.45, 2.75) is 52.0 Å². The number of carbonyl (C=O) groups is 4. The number of aliphatic carboxylic acids is 1. The van der Waals surface area contributed by atoms with E-state index in [4.69, 9.17) is 91.1 Å². The van der Waals surface area contributed by atoms with E-state index in [-0.39, 0.29) is 20.6 Å². The molecule has 4 atom stereocenters. The smallest absolute Gasteiger partial charge is 0.328 e. The van der Waals surface area contributed by atoms with E-state index in [1.807, 2.05) is 17.6 Å². The van der Waals surface area contributed by atoms with Crippen LogP contribution < -0.4 is 32.8 Å². The van der Waals surface area contributed by atoms with Gasteiger partial charge in [0.05, 0.1) is 53.5 Å². The van der Waals surface area contributed by atoms with E-state index < -0.39 is 48.0 Å². The number of nitrogens with zero attached hydrogens (tertiary/aromatic N) is 2. The highest BCUT2D eigenvalue weighted by Crippen LogP contribution is 2.29. The number of rotatable bonds is 10. The van der Waals surface area contributed by atoms with Gasteiger partial charge in [0.25, 0.3) is 17.7 Å². The number of anilines is 2. The molecule has 3 amide bonds. The maximum Gasteiger partial charge on any atom is 0.328 e. The molecule has 0 aliphatic carbocycles. The largest absolute Gasteiger partial charge is 0.480 e. The van der Waals surface area contributed by atoms with E-state index in [1.54, 1.807) is 26.0 Å². The first-order valence-corrected chi connectivity index (χ1v) is 19.0. The summed E-state index contributed by atoms with van der Waals surface area (Å²) >= 11 is 35.1. The fraction of sp³-hybridized carbons (Fsp3) is 0.211. The number of halogens is 6. The highest BCUT2D eigenvalue weighted by molar-refractivity contribution is 6.42. The Morgan fingerprint density at radius 3 is 1.39 bits per heavy atom. The lowest BCUT2D eigenvalue weighted by molar-refractivity contribution is -0.140. The summed E-state index contributed by atoms with van der Waals surface area (Å²) in [5, 5.41) is 53.5. The fourth-order valence-electron chi connectivity index (χ4n) is 4.61. The second-order valence-electron chi connectivity index (χ2n) is 12.2. The molecule has 0 saturated carbocycles. The SMILES string of the molecule is Cc1c(N[C@@H](C(=O)NNC(=O)c2ccc(Cl)c(Cl)c2)[C@@H](C)O)ccc(C#N)c1Cl.Cc1c(N[C@@H](C(=O)O)[C@@H](C)O)ccc(C#N)c1Cl.NNC(=O)c1ccc(Cl)c(Cl)c1. The standard InChI is InChI=1S/C19H17Cl3N4O3.C12H13ClN2O3.C7H6Cl2N2O/c1-9-15(6-4-12(8-23)16(9)22)24-17(10(2)27)19(29)26-25-18(28)11-3-5-13(20)14(21)7-11;1-6-9(4-3-8(5-14)10(6)13)15-11(7(2)16)12(17)18;8-5-2-1-4(3-6(5)9)7(12)11-10/h3-7,10,17,24,27H,1-2H3,(H,25,28)(H,26,29);3-4,7,11,15-16H,1-2H3,(H,17,18);1-3H,10H2,(H,11,12)/t10-,17-;7-,11-;/m11./s1. The third kappa shape index (κ3) is 14.3. The van der Waals surface area contributed by atoms with E-state index >= 15 is 0 Å². The van der Waals surface area contributed by atoms with Gasteiger partial charge in [-0.1, -0.05) is 69.6 Å². The molecule has 0 unspecified atom stereocenters. The molecule has 0 aliphatic rings. The summed E-state index contributed by atoms with van der Waals surface area (Å²) in [7, 11) is 0. The van der Waals surface area contributed by atoms with Crippen molar-refractivity contribution in [2.24, 2.45) is 5.84 Å². The molecule has 0 spiro atoms. The highest BCUT2D eigenvalue weighted by atomic mass is 35.5. The number of aliphatic hydroxyl groups is 2. The monoisotopic (exact) mass is 926 g/mol. The molecular weight excluding hydrogens is 893 g/mol. The number of hydrazine groups is 2. The molecule has 4 aromatic carbocycles. The third-order valence-corrected chi connectivity index (χ3v) is 10.4. The number of hydrogen-bond acceptors (Lipinski definition) is 11. The van der Waals surface area contributed by atoms with Gasteiger partial charge in [0, 0.05) is 22.5 Å². The van der Waals surface area contributed by atoms with Gasteiger partial charge >= 0.3 is 5.97 Å². The molecule has 0 radical (unpaired) electrons. The maximum absolute atomic E-state index is 12.5. The van der Waals surface area contributed by atoms with E-state index in [0.717, 1.165) is 0 Å². The van der Waals surface area contributed by atoms with E-state index in [0.29, 0.717) is 54.3 Å². The number of carbonyl (C=O) groups excluding carboxylic acids is 3. The lowest BCUT2D eigenvalue weighted by Gasteiger charge is -2.23. The number of carboxylic acid groups (broad SMARTS) is 1. The summed E-state index contributed by atoms with van der Waals surface area (Å²) in [6, 6.07) is 16.6. The molecule has 0 bridgehead atoms. The van der Waals surface area contributed by atoms with Crippen LogP contribution in [0.5, 0.6) is 0 Å². The van der Waals surface area contributed by atoms with Gasteiger partial charge in [0.2, 0.25) is 0 Å². The number of amides is 3. The van der Waals surface area contributed by atoms with E-state index in [2.05, 4.69) is 21.5 Å². The van der Waals surface area contributed by atoms with Crippen LogP contribution in [0.1, 0.15) is 56.8 Å². The van der Waals surface area contributed by atoms with Crippen LogP contribution in [0.3, 0.4) is 0 Å². The van der Waals surface area contributed by atoms with Gasteiger partial charge in [0.1, 0.15) is 18.2 Å². The first-order chi connectivity index (χ1) is 27.7. The van der Waals surface area contributed by atoms with Crippen molar-refractivity contribution in [3.8, 4) is 12.1 Å². The predicted molar refractivity (Wildman–Crippen MR) is 228 cm³/mol. The second kappa shape index (κ2) is 23.5. The molecule has 0 heterocycles. The number of aliphatic hydroxyl groups excluding tert-OH is 2. The second-order valence-corrected chi connectivity index (χ2v) is 14.5. The normalized spacial score (nSPS) is 12.2. The Morgan fingerprint density at radius 1 is 0.627 bits per heavy atom. The number of nitrogens with one attached hydrogen (secondary N) is 5. The maximum atomic E-state index is 12.5. The molecule has 4 aromatic rings. The Labute approximate surface area is 368 Å². The van der Waals surface area contributed by atoms with Crippen LogP contribution in [-0.4, -0.2) is 63.3 Å². The Hall–Kier alpha value is -5.04. The van der Waals surface area contributed by atoms with Gasteiger partial charge in [-0.2, -0.15) is 10.5 Å². The zero-order chi connectivity index (χ0) is 44.7. The van der Waals surface area contributed by atoms with Crippen molar-refractivity contribution >= 4 is 105 Å². The zero-order valence-electron chi connectivity index (χ0n) is 31.3. The number of nitrogens with two attached hydrogens (primary N) is 1. The molecule has 15 nitrogen and oxygen atoms in total. The minimum Gasteiger partial charge on any atom is -0.480 e. The Morgan fingerprint density at radius 2 is 1.03 bits per heavy atom. The van der Waals surface area contributed by atoms with Crippen LogP contribution in [0, 0.1) is 36.5 Å². The quantitative estimate of drug-likeness (QED) is 0.0451. The Bertz CT molecular complexity index is 2280. The number of hydrogen-bond donors (Lipinski definition) is 9. The number of nitriles is 2. The summed E-state index contributed by atoms with van der Waals surface area (Å²) < 4.78 is 0. The molecule has 0 aromatic heterocycles. The zero-order valence-corrected chi connectivity index (χ0v) is 35.8. The minimum atomic E-state index is -1.16. The lowest BCUT2D eigenvalue weighted by Crippen LogP contribution is -2.52. The van der Waals surface area contributed by atoms with Crippen LogP contribution in [0.2, 0.25) is 30.1 Å². The molecule has 4 rings (SSSR count). The molecule has 21 heteroatoms. The van der Waals surface area contributed by atoms with E-state index in [1.165, 1.54) is 62.4 Å². The van der Waals surface area contributed by atoms with Gasteiger partial charge in [-0.25, -0.2) is 10.6 Å². The van der Waals surface area contributed by atoms with Crippen molar-refractivity contribution in [2.75, 3.05) is 10.6 Å². The average Bonchev–Trinajstić information content (AvgIpc) is 3.19. The molecule has 59 heavy (non-hydrogen) atoms. The highest BCUT2D eigenvalue weighted by Gasteiger charge is 2.26.